The molecule has 1 aromatic rings. The van der Waals surface area contributed by atoms with Gasteiger partial charge in [0.25, 0.3) is 0 Å². The van der Waals surface area contributed by atoms with Crippen LogP contribution in [0.15, 0.2) is 24.3 Å². The zero-order chi connectivity index (χ0) is 13.1. The number of nitriles is 1. The molecule has 19 heavy (non-hydrogen) atoms. The molecule has 0 bridgehead atoms. The number of likely N-dealkylation sites (tertiary alicyclic amines) is 2. The number of rotatable bonds is 3. The van der Waals surface area contributed by atoms with Gasteiger partial charge in [0.05, 0.1) is 11.6 Å². The Hall–Kier alpha value is -1.37. The lowest BCUT2D eigenvalue weighted by molar-refractivity contribution is 0.230. The van der Waals surface area contributed by atoms with E-state index in [9.17, 15) is 0 Å². The van der Waals surface area contributed by atoms with Gasteiger partial charge in [0, 0.05) is 25.7 Å². The van der Waals surface area contributed by atoms with Gasteiger partial charge >= 0.3 is 0 Å². The predicted molar refractivity (Wildman–Crippen MR) is 75.6 cm³/mol. The summed E-state index contributed by atoms with van der Waals surface area (Å²) in [5.41, 5.74) is 2.04. The molecule has 2 heterocycles. The van der Waals surface area contributed by atoms with Crippen LogP contribution in [0.3, 0.4) is 0 Å². The van der Waals surface area contributed by atoms with E-state index >= 15 is 0 Å². The van der Waals surface area contributed by atoms with E-state index in [1.54, 1.807) is 0 Å². The van der Waals surface area contributed by atoms with Gasteiger partial charge in [-0.15, -0.1) is 0 Å². The molecule has 1 atom stereocenters. The molecule has 0 aliphatic carbocycles. The molecule has 0 saturated carbocycles. The molecule has 1 unspecified atom stereocenters. The highest BCUT2D eigenvalue weighted by atomic mass is 15.3. The summed E-state index contributed by atoms with van der Waals surface area (Å²) in [7, 11) is 0. The molecule has 1 aromatic carbocycles. The Morgan fingerprint density at radius 3 is 2.84 bits per heavy atom. The SMILES string of the molecule is N#Cc1cccc(CN2CCC(N3CCCC3)C2)c1. The largest absolute Gasteiger partial charge is 0.299 e. The van der Waals surface area contributed by atoms with Crippen molar-refractivity contribution in [2.24, 2.45) is 0 Å². The summed E-state index contributed by atoms with van der Waals surface area (Å²) in [6, 6.07) is 11.0. The van der Waals surface area contributed by atoms with Crippen LogP contribution >= 0.6 is 0 Å². The molecular weight excluding hydrogens is 234 g/mol. The number of nitrogens with zero attached hydrogens (tertiary/aromatic N) is 3. The molecule has 0 amide bonds. The minimum atomic E-state index is 0.765. The molecule has 0 spiro atoms. The number of hydrogen-bond acceptors (Lipinski definition) is 3. The van der Waals surface area contributed by atoms with Crippen molar-refractivity contribution in [3.8, 4) is 6.07 Å². The zero-order valence-electron chi connectivity index (χ0n) is 11.4. The molecule has 2 fully saturated rings. The minimum absolute atomic E-state index is 0.765. The second-order valence-electron chi connectivity index (χ2n) is 5.73. The molecule has 0 N–H and O–H groups in total. The summed E-state index contributed by atoms with van der Waals surface area (Å²) in [6.45, 7) is 5.96. The molecule has 2 saturated heterocycles. The highest BCUT2D eigenvalue weighted by Crippen LogP contribution is 2.21. The van der Waals surface area contributed by atoms with Gasteiger partial charge in [-0.05, 0) is 50.0 Å². The van der Waals surface area contributed by atoms with Crippen LogP contribution in [-0.4, -0.2) is 42.0 Å². The standard InChI is InChI=1S/C16H21N3/c17-11-14-4-3-5-15(10-14)12-18-9-6-16(13-18)19-7-1-2-8-19/h3-5,10,16H,1-2,6-9,12-13H2. The maximum absolute atomic E-state index is 8.94. The summed E-state index contributed by atoms with van der Waals surface area (Å²) in [6.07, 6.45) is 4.05. The first-order valence-corrected chi connectivity index (χ1v) is 7.30. The Morgan fingerprint density at radius 1 is 1.21 bits per heavy atom. The van der Waals surface area contributed by atoms with Crippen LogP contribution in [0.2, 0.25) is 0 Å². The molecule has 0 aromatic heterocycles. The van der Waals surface area contributed by atoms with E-state index in [2.05, 4.69) is 21.9 Å². The van der Waals surface area contributed by atoms with Crippen molar-refractivity contribution in [1.82, 2.24) is 9.80 Å². The van der Waals surface area contributed by atoms with Gasteiger partial charge in [-0.3, -0.25) is 9.80 Å². The van der Waals surface area contributed by atoms with Crippen molar-refractivity contribution in [3.05, 3.63) is 35.4 Å². The average Bonchev–Trinajstić information content (AvgIpc) is 3.09. The fourth-order valence-corrected chi connectivity index (χ4v) is 3.36. The van der Waals surface area contributed by atoms with Crippen LogP contribution in [0.5, 0.6) is 0 Å². The fraction of sp³-hybridized carbons (Fsp3) is 0.562. The van der Waals surface area contributed by atoms with Crippen LogP contribution in [0.25, 0.3) is 0 Å². The van der Waals surface area contributed by atoms with Gasteiger partial charge in [0.15, 0.2) is 0 Å². The second-order valence-corrected chi connectivity index (χ2v) is 5.73. The lowest BCUT2D eigenvalue weighted by atomic mass is 10.1. The van der Waals surface area contributed by atoms with E-state index in [4.69, 9.17) is 5.26 Å². The van der Waals surface area contributed by atoms with E-state index in [1.165, 1.54) is 51.0 Å². The highest BCUT2D eigenvalue weighted by Gasteiger charge is 2.28. The molecule has 3 nitrogen and oxygen atoms in total. The maximum atomic E-state index is 8.94. The number of hydrogen-bond donors (Lipinski definition) is 0. The van der Waals surface area contributed by atoms with Crippen molar-refractivity contribution in [2.45, 2.75) is 31.8 Å². The Kier molecular flexibility index (Phi) is 3.82. The third-order valence-electron chi connectivity index (χ3n) is 4.37. The van der Waals surface area contributed by atoms with Gasteiger partial charge in [0.2, 0.25) is 0 Å². The van der Waals surface area contributed by atoms with E-state index in [-0.39, 0.29) is 0 Å². The molecule has 2 aliphatic heterocycles. The molecule has 3 rings (SSSR count). The van der Waals surface area contributed by atoms with Crippen LogP contribution in [0.4, 0.5) is 0 Å². The normalized spacial score (nSPS) is 24.7. The molecule has 0 radical (unpaired) electrons. The van der Waals surface area contributed by atoms with Gasteiger partial charge < -0.3 is 0 Å². The maximum Gasteiger partial charge on any atom is 0.0991 e. The Balaban J connectivity index is 1.57. The first kappa shape index (κ1) is 12.7. The molecule has 3 heteroatoms. The summed E-state index contributed by atoms with van der Waals surface area (Å²) in [5, 5.41) is 8.94. The van der Waals surface area contributed by atoms with Crippen LogP contribution < -0.4 is 0 Å². The highest BCUT2D eigenvalue weighted by molar-refractivity contribution is 5.32. The van der Waals surface area contributed by atoms with Crippen LogP contribution in [-0.2, 0) is 6.54 Å². The summed E-state index contributed by atoms with van der Waals surface area (Å²) in [5.74, 6) is 0. The zero-order valence-corrected chi connectivity index (χ0v) is 11.4. The Morgan fingerprint density at radius 2 is 2.05 bits per heavy atom. The predicted octanol–water partition coefficient (Wildman–Crippen LogP) is 2.23. The van der Waals surface area contributed by atoms with E-state index < -0.39 is 0 Å². The van der Waals surface area contributed by atoms with Gasteiger partial charge in [-0.2, -0.15) is 5.26 Å². The second kappa shape index (κ2) is 5.73. The first-order chi connectivity index (χ1) is 9.35. The van der Waals surface area contributed by atoms with Gasteiger partial charge in [-0.25, -0.2) is 0 Å². The van der Waals surface area contributed by atoms with Crippen molar-refractivity contribution < 1.29 is 0 Å². The van der Waals surface area contributed by atoms with Crippen LogP contribution in [0.1, 0.15) is 30.4 Å². The van der Waals surface area contributed by atoms with Crippen molar-refractivity contribution in [2.75, 3.05) is 26.2 Å². The van der Waals surface area contributed by atoms with E-state index in [0.717, 1.165) is 18.2 Å². The van der Waals surface area contributed by atoms with Crippen molar-refractivity contribution in [1.29, 1.82) is 5.26 Å². The van der Waals surface area contributed by atoms with Crippen molar-refractivity contribution >= 4 is 0 Å². The smallest absolute Gasteiger partial charge is 0.0991 e. The first-order valence-electron chi connectivity index (χ1n) is 7.30. The minimum Gasteiger partial charge on any atom is -0.299 e. The third-order valence-corrected chi connectivity index (χ3v) is 4.37. The summed E-state index contributed by atoms with van der Waals surface area (Å²) >= 11 is 0. The quantitative estimate of drug-likeness (QED) is 0.829. The van der Waals surface area contributed by atoms with E-state index in [0.29, 0.717) is 0 Å². The fourth-order valence-electron chi connectivity index (χ4n) is 3.36. The van der Waals surface area contributed by atoms with Gasteiger partial charge in [-0.1, -0.05) is 12.1 Å². The van der Waals surface area contributed by atoms with Crippen molar-refractivity contribution in [3.63, 3.8) is 0 Å². The molecular formula is C16H21N3. The Bertz CT molecular complexity index is 471. The molecule has 2 aliphatic rings. The average molecular weight is 255 g/mol. The third kappa shape index (κ3) is 2.97. The Labute approximate surface area is 115 Å². The van der Waals surface area contributed by atoms with E-state index in [1.807, 2.05) is 18.2 Å². The summed E-state index contributed by atoms with van der Waals surface area (Å²) in [4.78, 5) is 5.19. The number of benzene rings is 1. The summed E-state index contributed by atoms with van der Waals surface area (Å²) < 4.78 is 0. The lowest BCUT2D eigenvalue weighted by Gasteiger charge is -2.23. The lowest BCUT2D eigenvalue weighted by Crippen LogP contribution is -2.35. The monoisotopic (exact) mass is 255 g/mol. The topological polar surface area (TPSA) is 30.3 Å². The van der Waals surface area contributed by atoms with Crippen LogP contribution in [0, 0.1) is 11.3 Å². The molecule has 100 valence electrons. The van der Waals surface area contributed by atoms with Gasteiger partial charge in [0.1, 0.15) is 0 Å².